The van der Waals surface area contributed by atoms with Crippen molar-refractivity contribution in [3.63, 3.8) is 0 Å². The van der Waals surface area contributed by atoms with E-state index in [1.807, 2.05) is 0 Å². The number of carboxylic acid groups (broad SMARTS) is 1. The molecule has 322 valence electrons. The topological polar surface area (TPSA) is 172 Å². The van der Waals surface area contributed by atoms with E-state index in [4.69, 9.17) is 24.8 Å². The molecule has 12 heteroatoms. The molecule has 0 radical (unpaired) electrons. The number of unbranched alkanes of at least 4 members (excludes halogenated alkanes) is 23. The third-order valence-corrected chi connectivity index (χ3v) is 10.4. The molecule has 4 N–H and O–H groups in total. The van der Waals surface area contributed by atoms with Crippen molar-refractivity contribution in [1.29, 1.82) is 0 Å². The molecule has 0 bridgehead atoms. The molecule has 0 saturated heterocycles. The lowest BCUT2D eigenvalue weighted by atomic mass is 10.0. The average Bonchev–Trinajstić information content (AvgIpc) is 3.16. The monoisotopic (exact) mass is 802 g/mol. The molecular formula is C43H80NO10P. The second-order valence-corrected chi connectivity index (χ2v) is 16.3. The molecule has 0 spiro atoms. The van der Waals surface area contributed by atoms with Crippen LogP contribution in [0.3, 0.4) is 0 Å². The molecule has 0 fully saturated rings. The van der Waals surface area contributed by atoms with E-state index >= 15 is 0 Å². The fourth-order valence-electron chi connectivity index (χ4n) is 5.99. The molecule has 0 aliphatic rings. The van der Waals surface area contributed by atoms with Crippen LogP contribution in [0.4, 0.5) is 0 Å². The van der Waals surface area contributed by atoms with Gasteiger partial charge in [0.25, 0.3) is 0 Å². The minimum Gasteiger partial charge on any atom is -0.480 e. The molecule has 0 aromatic rings. The Morgan fingerprint density at radius 3 is 1.49 bits per heavy atom. The zero-order valence-electron chi connectivity index (χ0n) is 34.8. The Labute approximate surface area is 334 Å². The van der Waals surface area contributed by atoms with Gasteiger partial charge in [-0.15, -0.1) is 0 Å². The number of phosphoric ester groups is 1. The Balaban J connectivity index is 4.31. The van der Waals surface area contributed by atoms with E-state index < -0.39 is 51.1 Å². The Morgan fingerprint density at radius 2 is 1.00 bits per heavy atom. The molecule has 3 atom stereocenters. The maximum absolute atomic E-state index is 12.6. The van der Waals surface area contributed by atoms with Crippen LogP contribution in [-0.4, -0.2) is 59.9 Å². The number of carbonyl (C=O) groups excluding carboxylic acids is 2. The predicted molar refractivity (Wildman–Crippen MR) is 222 cm³/mol. The van der Waals surface area contributed by atoms with Gasteiger partial charge in [-0.25, -0.2) is 4.57 Å². The van der Waals surface area contributed by atoms with Crippen LogP contribution in [0.15, 0.2) is 24.3 Å². The molecule has 0 heterocycles. The number of hydrogen-bond donors (Lipinski definition) is 3. The summed E-state index contributed by atoms with van der Waals surface area (Å²) in [6, 6.07) is -1.52. The van der Waals surface area contributed by atoms with E-state index in [1.54, 1.807) is 0 Å². The highest BCUT2D eigenvalue weighted by molar-refractivity contribution is 7.47. The second kappa shape index (κ2) is 38.8. The number of nitrogens with two attached hydrogens (primary N) is 1. The van der Waals surface area contributed by atoms with Crippen LogP contribution in [0, 0.1) is 0 Å². The molecule has 0 rings (SSSR count). The smallest absolute Gasteiger partial charge is 0.472 e. The van der Waals surface area contributed by atoms with Crippen molar-refractivity contribution in [1.82, 2.24) is 0 Å². The number of aliphatic carboxylic acids is 1. The van der Waals surface area contributed by atoms with Gasteiger partial charge in [0.05, 0.1) is 13.2 Å². The number of carbonyl (C=O) groups is 3. The zero-order chi connectivity index (χ0) is 40.7. The van der Waals surface area contributed by atoms with Crippen LogP contribution in [0.5, 0.6) is 0 Å². The summed E-state index contributed by atoms with van der Waals surface area (Å²) in [5, 5.41) is 8.88. The van der Waals surface area contributed by atoms with Gasteiger partial charge in [0.15, 0.2) is 6.10 Å². The van der Waals surface area contributed by atoms with Gasteiger partial charge in [-0.1, -0.05) is 173 Å². The van der Waals surface area contributed by atoms with E-state index in [9.17, 15) is 23.8 Å². The fraction of sp³-hybridized carbons (Fsp3) is 0.837. The Kier molecular flexibility index (Phi) is 37.4. The van der Waals surface area contributed by atoms with Crippen molar-refractivity contribution in [3.8, 4) is 0 Å². The highest BCUT2D eigenvalue weighted by Gasteiger charge is 2.28. The van der Waals surface area contributed by atoms with Crippen LogP contribution >= 0.6 is 7.82 Å². The minimum absolute atomic E-state index is 0.147. The number of hydrogen-bond acceptors (Lipinski definition) is 9. The van der Waals surface area contributed by atoms with Crippen molar-refractivity contribution in [2.75, 3.05) is 19.8 Å². The van der Waals surface area contributed by atoms with E-state index in [0.29, 0.717) is 12.8 Å². The first-order chi connectivity index (χ1) is 26.6. The highest BCUT2D eigenvalue weighted by Crippen LogP contribution is 2.43. The molecule has 55 heavy (non-hydrogen) atoms. The SMILES string of the molecule is CCC/C=C\C/C=C\CCCCCCCC(=O)OC(COC(=O)CCCCCCCCCCCCCCCCCCCC)COP(=O)(O)OCC(N)C(=O)O. The highest BCUT2D eigenvalue weighted by atomic mass is 31.2. The number of allylic oxidation sites excluding steroid dienone is 4. The Bertz CT molecular complexity index is 1040. The molecule has 3 unspecified atom stereocenters. The number of phosphoric acid groups is 1. The van der Waals surface area contributed by atoms with Gasteiger partial charge in [0, 0.05) is 12.8 Å². The molecule has 0 aliphatic carbocycles. The lowest BCUT2D eigenvalue weighted by Gasteiger charge is -2.20. The van der Waals surface area contributed by atoms with Crippen LogP contribution in [0.1, 0.15) is 200 Å². The van der Waals surface area contributed by atoms with Gasteiger partial charge >= 0.3 is 25.7 Å². The van der Waals surface area contributed by atoms with Crippen molar-refractivity contribution in [2.24, 2.45) is 5.73 Å². The van der Waals surface area contributed by atoms with Crippen molar-refractivity contribution in [3.05, 3.63) is 24.3 Å². The van der Waals surface area contributed by atoms with Crippen molar-refractivity contribution >= 4 is 25.7 Å². The summed E-state index contributed by atoms with van der Waals surface area (Å²) in [5.74, 6) is -2.39. The van der Waals surface area contributed by atoms with Gasteiger partial charge in [0.1, 0.15) is 12.6 Å². The summed E-state index contributed by atoms with van der Waals surface area (Å²) in [5.41, 5.74) is 5.33. The predicted octanol–water partition coefficient (Wildman–Crippen LogP) is 11.5. The maximum atomic E-state index is 12.6. The standard InChI is InChI=1S/C43H80NO10P/c1-3-5-7-9-11-13-15-17-18-19-20-21-23-24-26-28-30-32-34-41(45)51-36-39(37-52-55(49,50)53-38-40(44)43(47)48)54-42(46)35-33-31-29-27-25-22-16-14-12-10-8-6-4-2/h8,10,14,16,39-40H,3-7,9,11-13,15,17-38,44H2,1-2H3,(H,47,48)(H,49,50)/b10-8-,16-14-. The molecular weight excluding hydrogens is 721 g/mol. The molecule has 0 aromatic heterocycles. The number of carboxylic acids is 1. The van der Waals surface area contributed by atoms with Gasteiger partial charge in [-0.2, -0.15) is 0 Å². The lowest BCUT2D eigenvalue weighted by Crippen LogP contribution is -2.34. The van der Waals surface area contributed by atoms with E-state index in [1.165, 1.54) is 89.9 Å². The van der Waals surface area contributed by atoms with Crippen LogP contribution < -0.4 is 5.73 Å². The van der Waals surface area contributed by atoms with E-state index in [0.717, 1.165) is 70.6 Å². The Morgan fingerprint density at radius 1 is 0.564 bits per heavy atom. The van der Waals surface area contributed by atoms with E-state index in [2.05, 4.69) is 42.7 Å². The summed E-state index contributed by atoms with van der Waals surface area (Å²) in [6.45, 7) is 2.74. The second-order valence-electron chi connectivity index (χ2n) is 14.8. The largest absolute Gasteiger partial charge is 0.480 e. The summed E-state index contributed by atoms with van der Waals surface area (Å²) >= 11 is 0. The summed E-state index contributed by atoms with van der Waals surface area (Å²) in [4.78, 5) is 45.9. The van der Waals surface area contributed by atoms with Gasteiger partial charge in [-0.05, 0) is 38.5 Å². The van der Waals surface area contributed by atoms with Gasteiger partial charge in [-0.3, -0.25) is 23.4 Å². The maximum Gasteiger partial charge on any atom is 0.472 e. The molecule has 0 aromatic carbocycles. The average molecular weight is 802 g/mol. The molecule has 0 aliphatic heterocycles. The quantitative estimate of drug-likeness (QED) is 0.0232. The zero-order valence-corrected chi connectivity index (χ0v) is 35.7. The van der Waals surface area contributed by atoms with Gasteiger partial charge in [0.2, 0.25) is 0 Å². The molecule has 0 amide bonds. The first-order valence-electron chi connectivity index (χ1n) is 21.9. The fourth-order valence-corrected chi connectivity index (χ4v) is 6.76. The lowest BCUT2D eigenvalue weighted by molar-refractivity contribution is -0.161. The van der Waals surface area contributed by atoms with Crippen molar-refractivity contribution < 1.29 is 47.5 Å². The minimum atomic E-state index is -4.71. The third-order valence-electron chi connectivity index (χ3n) is 9.43. The van der Waals surface area contributed by atoms with Crippen LogP contribution in [-0.2, 0) is 37.5 Å². The Hall–Kier alpha value is -2.04. The van der Waals surface area contributed by atoms with E-state index in [-0.39, 0.29) is 19.4 Å². The summed E-state index contributed by atoms with van der Waals surface area (Å²) in [6.07, 6.45) is 39.6. The first kappa shape index (κ1) is 53.0. The number of rotatable bonds is 41. The molecule has 0 saturated carbocycles. The number of ether oxygens (including phenoxy) is 2. The van der Waals surface area contributed by atoms with Crippen molar-refractivity contribution in [2.45, 2.75) is 212 Å². The third kappa shape index (κ3) is 38.6. The van der Waals surface area contributed by atoms with Crippen LogP contribution in [0.2, 0.25) is 0 Å². The van der Waals surface area contributed by atoms with Gasteiger partial charge < -0.3 is 25.2 Å². The molecule has 11 nitrogen and oxygen atoms in total. The summed E-state index contributed by atoms with van der Waals surface area (Å²) < 4.78 is 32.7. The van der Waals surface area contributed by atoms with Crippen LogP contribution in [0.25, 0.3) is 0 Å². The summed E-state index contributed by atoms with van der Waals surface area (Å²) in [7, 11) is -4.71. The normalized spacial score (nSPS) is 14.0. The number of esters is 2. The first-order valence-corrected chi connectivity index (χ1v) is 23.4.